The van der Waals surface area contributed by atoms with Gasteiger partial charge in [0.2, 0.25) is 0 Å². The maximum Gasteiger partial charge on any atom is 1.00 e. The molecule has 0 amide bonds. The third-order valence-electron chi connectivity index (χ3n) is 0.640. The van der Waals surface area contributed by atoms with Gasteiger partial charge in [0.05, 0.1) is 12.4 Å². The van der Waals surface area contributed by atoms with E-state index < -0.39 is 24.5 Å². The summed E-state index contributed by atoms with van der Waals surface area (Å²) in [6.07, 6.45) is -2.72. The number of carboxylic acids is 2. The minimum atomic E-state index is -1.90. The molecule has 0 rings (SSSR count). The summed E-state index contributed by atoms with van der Waals surface area (Å²) in [5.74, 6) is -3.14. The zero-order valence-electron chi connectivity index (χ0n) is 4.71. The fourth-order valence-corrected chi connectivity index (χ4v) is 0.249. The van der Waals surface area contributed by atoms with Crippen molar-refractivity contribution in [3.8, 4) is 0 Å². The molecule has 6 heteroatoms. The van der Waals surface area contributed by atoms with Crippen LogP contribution in [0.15, 0.2) is 0 Å². The molecule has 1 atom stereocenters. The molecule has 0 aromatic carbocycles. The summed E-state index contributed by atoms with van der Waals surface area (Å²) in [6.45, 7) is 0. The number of hydrogen-bond donors (Lipinski definition) is 2. The van der Waals surface area contributed by atoms with Gasteiger partial charge in [0.1, 0.15) is 6.10 Å². The van der Waals surface area contributed by atoms with Crippen LogP contribution in [0.1, 0.15) is 6.42 Å². The molecule has 0 aromatic rings. The molecule has 0 fully saturated rings. The molecule has 62 valence electrons. The molecule has 0 aliphatic carbocycles. The molecule has 0 spiro atoms. The van der Waals surface area contributed by atoms with Crippen molar-refractivity contribution in [1.29, 1.82) is 0 Å². The quantitative estimate of drug-likeness (QED) is 0.535. The van der Waals surface area contributed by atoms with Crippen molar-refractivity contribution in [2.75, 3.05) is 0 Å². The second-order valence-corrected chi connectivity index (χ2v) is 1.43. The molecule has 0 saturated heterocycles. The zero-order chi connectivity index (χ0) is 7.44. The molecular weight excluding hydrogens is 236 g/mol. The average molecular weight is 241 g/mol. The Morgan fingerprint density at radius 3 is 2.00 bits per heavy atom. The van der Waals surface area contributed by atoms with Crippen molar-refractivity contribution in [1.82, 2.24) is 0 Å². The van der Waals surface area contributed by atoms with Crippen molar-refractivity contribution < 1.29 is 47.3 Å². The van der Waals surface area contributed by atoms with Crippen LogP contribution in [0.25, 0.3) is 0 Å². The topological polar surface area (TPSA) is 97.7 Å². The van der Waals surface area contributed by atoms with Gasteiger partial charge in [-0.05, 0) is 0 Å². The number of aliphatic hydroxyl groups is 1. The van der Waals surface area contributed by atoms with E-state index in [9.17, 15) is 14.7 Å². The Bertz CT molecular complexity index is 134. The third-order valence-corrected chi connectivity index (χ3v) is 0.640. The Hall–Kier alpha value is -0.360. The zero-order valence-corrected chi connectivity index (χ0v) is 6.19. The van der Waals surface area contributed by atoms with Gasteiger partial charge in [-0.15, -0.1) is 0 Å². The standard InChI is InChI=1S/C4H6O5.Ag/c5-2(4(8)9)1-3(6)7;/h2,5H,1H2,(H,6,7)(H,8,9);/q;+1/p-1/t2-;/m0./s1. The maximum atomic E-state index is 9.66. The normalized spacial score (nSPS) is 11.3. The van der Waals surface area contributed by atoms with Crippen LogP contribution in [0.2, 0.25) is 0 Å². The molecule has 0 unspecified atom stereocenters. The largest absolute Gasteiger partial charge is 1.00 e. The molecule has 0 heterocycles. The van der Waals surface area contributed by atoms with Crippen molar-refractivity contribution in [2.24, 2.45) is 0 Å². The van der Waals surface area contributed by atoms with E-state index in [1.807, 2.05) is 0 Å². The van der Waals surface area contributed by atoms with Crippen molar-refractivity contribution in [3.05, 3.63) is 0 Å². The van der Waals surface area contributed by atoms with Gasteiger partial charge in [-0.2, -0.15) is 0 Å². The summed E-state index contributed by atoms with van der Waals surface area (Å²) in [6, 6.07) is 0. The fraction of sp³-hybridized carbons (Fsp3) is 0.500. The van der Waals surface area contributed by atoms with E-state index in [4.69, 9.17) is 10.2 Å². The molecule has 0 radical (unpaired) electrons. The fourth-order valence-electron chi connectivity index (χ4n) is 0.249. The molecule has 10 heavy (non-hydrogen) atoms. The monoisotopic (exact) mass is 240 g/mol. The Kier molecular flexibility index (Phi) is 6.69. The van der Waals surface area contributed by atoms with E-state index in [-0.39, 0.29) is 22.4 Å². The smallest absolute Gasteiger partial charge is 0.547 e. The first-order valence-corrected chi connectivity index (χ1v) is 2.14. The first-order valence-electron chi connectivity index (χ1n) is 2.14. The van der Waals surface area contributed by atoms with Gasteiger partial charge in [0, 0.05) is 0 Å². The van der Waals surface area contributed by atoms with Crippen LogP contribution in [0, 0.1) is 0 Å². The summed E-state index contributed by atoms with van der Waals surface area (Å²) in [7, 11) is 0. The average Bonchev–Trinajstić information content (AvgIpc) is 1.63. The summed E-state index contributed by atoms with van der Waals surface area (Å²) >= 11 is 0. The molecule has 2 N–H and O–H groups in total. The summed E-state index contributed by atoms with van der Waals surface area (Å²) in [4.78, 5) is 19.3. The molecular formula is C4H5AgO5. The van der Waals surface area contributed by atoms with Crippen LogP contribution in [-0.2, 0) is 32.0 Å². The molecule has 0 aliphatic rings. The Morgan fingerprint density at radius 1 is 1.50 bits per heavy atom. The van der Waals surface area contributed by atoms with Gasteiger partial charge in [0.25, 0.3) is 0 Å². The SMILES string of the molecule is O=C(O)C[C@H](O)C(=O)[O-].[Ag+]. The van der Waals surface area contributed by atoms with Crippen LogP contribution in [0.3, 0.4) is 0 Å². The third kappa shape index (κ3) is 5.77. The van der Waals surface area contributed by atoms with Gasteiger partial charge >= 0.3 is 28.3 Å². The van der Waals surface area contributed by atoms with Gasteiger partial charge in [0.15, 0.2) is 0 Å². The Balaban J connectivity index is 0. The van der Waals surface area contributed by atoms with Crippen molar-refractivity contribution >= 4 is 11.9 Å². The Labute approximate surface area is 72.2 Å². The molecule has 5 nitrogen and oxygen atoms in total. The molecule has 0 aliphatic heterocycles. The maximum absolute atomic E-state index is 9.66. The molecule has 0 aromatic heterocycles. The number of aliphatic hydroxyl groups excluding tert-OH is 1. The Morgan fingerprint density at radius 2 is 1.90 bits per heavy atom. The number of hydrogen-bond acceptors (Lipinski definition) is 4. The first kappa shape index (κ1) is 12.3. The second kappa shape index (κ2) is 5.43. The van der Waals surface area contributed by atoms with Crippen LogP contribution < -0.4 is 5.11 Å². The van der Waals surface area contributed by atoms with E-state index in [1.54, 1.807) is 0 Å². The van der Waals surface area contributed by atoms with E-state index >= 15 is 0 Å². The van der Waals surface area contributed by atoms with Crippen LogP contribution in [0.4, 0.5) is 0 Å². The molecule has 0 bridgehead atoms. The van der Waals surface area contributed by atoms with Gasteiger partial charge < -0.3 is 20.1 Å². The number of aliphatic carboxylic acids is 2. The van der Waals surface area contributed by atoms with Gasteiger partial charge in [-0.1, -0.05) is 0 Å². The predicted octanol–water partition coefficient (Wildman–Crippen LogP) is -2.43. The van der Waals surface area contributed by atoms with E-state index in [0.29, 0.717) is 0 Å². The minimum Gasteiger partial charge on any atom is -0.547 e. The van der Waals surface area contributed by atoms with Gasteiger partial charge in [-0.25, -0.2) is 0 Å². The predicted molar refractivity (Wildman–Crippen MR) is 23.3 cm³/mol. The second-order valence-electron chi connectivity index (χ2n) is 1.43. The van der Waals surface area contributed by atoms with E-state index in [2.05, 4.69) is 0 Å². The van der Waals surface area contributed by atoms with Crippen LogP contribution in [0.5, 0.6) is 0 Å². The summed E-state index contributed by atoms with van der Waals surface area (Å²) < 4.78 is 0. The van der Waals surface area contributed by atoms with Crippen molar-refractivity contribution in [2.45, 2.75) is 12.5 Å². The molecule has 0 saturated carbocycles. The van der Waals surface area contributed by atoms with Gasteiger partial charge in [-0.3, -0.25) is 4.79 Å². The summed E-state index contributed by atoms with van der Waals surface area (Å²) in [5, 5.41) is 25.7. The number of rotatable bonds is 3. The van der Waals surface area contributed by atoms with E-state index in [1.165, 1.54) is 0 Å². The minimum absolute atomic E-state index is 0. The number of carboxylic acid groups (broad SMARTS) is 2. The van der Waals surface area contributed by atoms with E-state index in [0.717, 1.165) is 0 Å². The van der Waals surface area contributed by atoms with Crippen LogP contribution in [-0.4, -0.2) is 28.3 Å². The number of carbonyl (C=O) groups excluding carboxylic acids is 1. The first-order chi connectivity index (χ1) is 4.04. The van der Waals surface area contributed by atoms with Crippen molar-refractivity contribution in [3.63, 3.8) is 0 Å². The van der Waals surface area contributed by atoms with Crippen LogP contribution >= 0.6 is 0 Å². The summed E-state index contributed by atoms with van der Waals surface area (Å²) in [5.41, 5.74) is 0. The number of carbonyl (C=O) groups is 2.